The minimum absolute atomic E-state index is 0.00214. The van der Waals surface area contributed by atoms with Gasteiger partial charge in [-0.1, -0.05) is 24.3 Å². The van der Waals surface area contributed by atoms with Crippen LogP contribution in [0.4, 0.5) is 26.5 Å². The molecule has 2 amide bonds. The Morgan fingerprint density at radius 2 is 1.49 bits per heavy atom. The lowest BCUT2D eigenvalue weighted by Gasteiger charge is -2.28. The maximum atomic E-state index is 13.8. The summed E-state index contributed by atoms with van der Waals surface area (Å²) in [6.45, 7) is 0.138. The molecule has 2 aliphatic rings. The number of nitrogens with zero attached hydrogens (tertiary/aromatic N) is 6. The van der Waals surface area contributed by atoms with E-state index >= 15 is 0 Å². The Kier molecular flexibility index (Phi) is 15.4. The second kappa shape index (κ2) is 20.9. The van der Waals surface area contributed by atoms with Crippen molar-refractivity contribution in [3.8, 4) is 0 Å². The van der Waals surface area contributed by atoms with Crippen molar-refractivity contribution in [3.63, 3.8) is 0 Å². The van der Waals surface area contributed by atoms with Crippen molar-refractivity contribution in [2.75, 3.05) is 30.0 Å². The van der Waals surface area contributed by atoms with Gasteiger partial charge >= 0.3 is 33.4 Å². The number of carbonyl (C=O) groups excluding carboxylic acids is 3. The number of rotatable bonds is 18. The molecule has 28 nitrogen and oxygen atoms in total. The van der Waals surface area contributed by atoms with E-state index in [1.54, 1.807) is 24.3 Å². The Hall–Kier alpha value is -6.33. The maximum Gasteiger partial charge on any atom is 0.472 e. The van der Waals surface area contributed by atoms with Gasteiger partial charge in [-0.25, -0.2) is 42.9 Å². The number of nitrogens with two attached hydrogens (primary N) is 2. The summed E-state index contributed by atoms with van der Waals surface area (Å²) in [7, 11) is -10.7. The van der Waals surface area contributed by atoms with Gasteiger partial charge in [0.25, 0.3) is 0 Å². The molecule has 2 aromatic carbocycles. The number of benzene rings is 2. The number of anilines is 3. The van der Waals surface area contributed by atoms with Crippen LogP contribution in [0.3, 0.4) is 0 Å². The van der Waals surface area contributed by atoms with Crippen LogP contribution < -0.4 is 27.8 Å². The van der Waals surface area contributed by atoms with E-state index in [1.165, 1.54) is 49.0 Å². The van der Waals surface area contributed by atoms with Crippen LogP contribution in [0.1, 0.15) is 37.4 Å². The lowest BCUT2D eigenvalue weighted by Crippen LogP contribution is -2.53. The Bertz CT molecular complexity index is 2870. The second-order valence-corrected chi connectivity index (χ2v) is 18.7. The van der Waals surface area contributed by atoms with Crippen molar-refractivity contribution < 1.29 is 85.3 Å². The van der Waals surface area contributed by atoms with Gasteiger partial charge in [0.1, 0.15) is 66.1 Å². The first-order valence-corrected chi connectivity index (χ1v) is 23.6. The highest BCUT2D eigenvalue weighted by Crippen LogP contribution is 2.50. The zero-order valence-corrected chi connectivity index (χ0v) is 38.3. The molecule has 2 saturated heterocycles. The first kappa shape index (κ1) is 51.5. The maximum absolute atomic E-state index is 13.8. The van der Waals surface area contributed by atoms with E-state index in [1.807, 2.05) is 0 Å². The summed E-state index contributed by atoms with van der Waals surface area (Å²) < 4.78 is 77.7. The summed E-state index contributed by atoms with van der Waals surface area (Å²) in [5.41, 5.74) is 10.2. The number of phosphoric ester groups is 2. The molecule has 11 N–H and O–H groups in total. The normalized spacial score (nSPS) is 23.4. The number of aliphatic hydroxyl groups is 2. The van der Waals surface area contributed by atoms with Gasteiger partial charge in [-0.05, 0) is 55.3 Å². The van der Waals surface area contributed by atoms with E-state index in [0.29, 0.717) is 16.8 Å². The highest BCUT2D eigenvalue weighted by atomic mass is 31.2. The van der Waals surface area contributed by atoms with Gasteiger partial charge in [-0.15, -0.1) is 0 Å². The highest BCUT2D eigenvalue weighted by molar-refractivity contribution is 7.47. The number of alkyl carbamates (subject to hydrolysis) is 1. The monoisotopic (exact) mass is 1020 g/mol. The van der Waals surface area contributed by atoms with Crippen molar-refractivity contribution in [1.29, 1.82) is 0 Å². The molecule has 0 bridgehead atoms. The number of aliphatic hydroxyl groups excluding tert-OH is 2. The minimum atomic E-state index is -5.46. The zero-order valence-electron chi connectivity index (χ0n) is 36.5. The molecule has 31 heteroatoms. The zero-order chi connectivity index (χ0) is 50.7. The number of esters is 1. The number of hydrogen-bond acceptors (Lipinski definition) is 21. The molecule has 7 rings (SSSR count). The summed E-state index contributed by atoms with van der Waals surface area (Å²) in [5, 5.41) is 27.9. The summed E-state index contributed by atoms with van der Waals surface area (Å²) >= 11 is 0. The van der Waals surface area contributed by atoms with Gasteiger partial charge in [0, 0.05) is 11.9 Å². The van der Waals surface area contributed by atoms with E-state index in [9.17, 15) is 57.6 Å². The number of nitrogens with one attached hydrogen (secondary N) is 2. The fourth-order valence-corrected chi connectivity index (χ4v) is 8.39. The summed E-state index contributed by atoms with van der Waals surface area (Å²) in [4.78, 5) is 97.0. The molecular formula is C39H45FN10O18P2. The number of nitrogen functional groups attached to an aromatic ring is 2. The molecule has 3 aromatic heterocycles. The quantitative estimate of drug-likeness (QED) is 0.0421. The Morgan fingerprint density at radius 1 is 0.857 bits per heavy atom. The summed E-state index contributed by atoms with van der Waals surface area (Å²) in [6, 6.07) is 12.9. The smallest absolute Gasteiger partial charge is 0.455 e. The van der Waals surface area contributed by atoms with Gasteiger partial charge in [-0.2, -0.15) is 4.98 Å². The van der Waals surface area contributed by atoms with Crippen molar-refractivity contribution >= 4 is 62.1 Å². The van der Waals surface area contributed by atoms with E-state index < -0.39 is 107 Å². The largest absolute Gasteiger partial charge is 0.472 e. The van der Waals surface area contributed by atoms with E-state index in [-0.39, 0.29) is 41.7 Å². The van der Waals surface area contributed by atoms with Gasteiger partial charge in [0.2, 0.25) is 5.91 Å². The van der Waals surface area contributed by atoms with Crippen molar-refractivity contribution in [3.05, 3.63) is 101 Å². The Morgan fingerprint density at radius 3 is 2.16 bits per heavy atom. The fourth-order valence-electron chi connectivity index (χ4n) is 7.08. The Balaban J connectivity index is 1.01. The lowest BCUT2D eigenvalue weighted by molar-refractivity contribution is -0.163. The fraction of sp³-hybridized carbons (Fsp3) is 0.385. The molecule has 2 fully saturated rings. The summed E-state index contributed by atoms with van der Waals surface area (Å²) in [5.74, 6) is -2.20. The average Bonchev–Trinajstić information content (AvgIpc) is 3.95. The summed E-state index contributed by atoms with van der Waals surface area (Å²) in [6.07, 6.45) is -12.0. The van der Waals surface area contributed by atoms with Crippen LogP contribution in [0.25, 0.3) is 11.2 Å². The van der Waals surface area contributed by atoms with Crippen LogP contribution in [-0.2, 0) is 64.3 Å². The van der Waals surface area contributed by atoms with Crippen molar-refractivity contribution in [2.24, 2.45) is 0 Å². The SMILES string of the molecule is CC(C)(NC(=O)OCc1ccc(NC(=O)Cc2ccc(F)cc2)cc1)C(=O)O[C@@H]1C(COP(=O)(O)O[C@H]2[C@@H](O)[C@H](n3ccc(N)nc3=O)O[C@@H]2COP(=O)(O)O)O[C@@H](n2cnc3c(N)ncnc32)[C@@H]1O. The van der Waals surface area contributed by atoms with Gasteiger partial charge in [-0.3, -0.25) is 27.5 Å². The third kappa shape index (κ3) is 12.5. The molecule has 9 atom stereocenters. The number of fused-ring (bicyclic) bond motifs is 1. The molecule has 5 heterocycles. The third-order valence-corrected chi connectivity index (χ3v) is 12.0. The van der Waals surface area contributed by atoms with Gasteiger partial charge in [0.05, 0.1) is 26.0 Å². The first-order valence-electron chi connectivity index (χ1n) is 20.6. The lowest BCUT2D eigenvalue weighted by atomic mass is 10.1. The van der Waals surface area contributed by atoms with E-state index in [0.717, 1.165) is 23.2 Å². The predicted molar refractivity (Wildman–Crippen MR) is 234 cm³/mol. The van der Waals surface area contributed by atoms with Crippen LogP contribution in [0.5, 0.6) is 0 Å². The minimum Gasteiger partial charge on any atom is -0.455 e. The number of imidazole rings is 1. The number of hydrogen-bond donors (Lipinski definition) is 9. The first-order chi connectivity index (χ1) is 33.0. The predicted octanol–water partition coefficient (Wildman–Crippen LogP) is 0.313. The van der Waals surface area contributed by atoms with Crippen LogP contribution in [0.2, 0.25) is 0 Å². The average molecular weight is 1020 g/mol. The standard InChI is InChI=1S/C39H45FN10O18P2/c1-39(2,48-38(56)62-14-20-5-9-22(10-6-20)46-26(51)13-19-3-7-21(40)8-4-19)36(54)67-30-23(65-35(28(30)52)50-18-45-27-32(42)43-17-44-33(27)50)16-64-70(60,61)68-31-24(15-63-69(57,58)59)66-34(29(31)53)49-12-11-25(41)47-37(49)55/h3-12,17-18,23-24,28-31,34-35,52-53H,13-16H2,1-2H3,(H,46,51)(H,48,56)(H,60,61)(H2,41,47,55)(H2,42,43,44)(H2,57,58,59)/t23?,24-,28-,29-,30-,31-,34-,35-/m1/s1. The Labute approximate surface area is 393 Å². The molecule has 5 aromatic rings. The molecule has 0 saturated carbocycles. The van der Waals surface area contributed by atoms with Crippen LogP contribution in [0, 0.1) is 5.82 Å². The molecule has 2 aliphatic heterocycles. The van der Waals surface area contributed by atoms with Crippen LogP contribution in [-0.4, -0.2) is 127 Å². The van der Waals surface area contributed by atoms with Gasteiger partial charge < -0.3 is 65.9 Å². The molecule has 0 aliphatic carbocycles. The van der Waals surface area contributed by atoms with Crippen LogP contribution >= 0.6 is 15.6 Å². The molecule has 0 spiro atoms. The van der Waals surface area contributed by atoms with E-state index in [4.69, 9.17) is 39.5 Å². The molecule has 2 unspecified atom stereocenters. The van der Waals surface area contributed by atoms with Gasteiger partial charge in [0.15, 0.2) is 30.0 Å². The molecule has 376 valence electrons. The molecule has 0 radical (unpaired) electrons. The topological polar surface area (TPSA) is 406 Å². The molecule has 70 heavy (non-hydrogen) atoms. The van der Waals surface area contributed by atoms with Crippen LogP contribution in [0.15, 0.2) is 78.2 Å². The number of amides is 2. The van der Waals surface area contributed by atoms with Crippen molar-refractivity contribution in [1.82, 2.24) is 34.4 Å². The third-order valence-electron chi connectivity index (χ3n) is 10.5. The molecular weight excluding hydrogens is 977 g/mol. The number of carbonyl (C=O) groups is 3. The number of ether oxygens (including phenoxy) is 4. The van der Waals surface area contributed by atoms with Crippen molar-refractivity contribution in [2.45, 2.75) is 81.5 Å². The number of halogens is 1. The highest BCUT2D eigenvalue weighted by Gasteiger charge is 2.53. The second-order valence-electron chi connectivity index (χ2n) is 16.1. The number of aromatic nitrogens is 6. The van der Waals surface area contributed by atoms with E-state index in [2.05, 4.69) is 35.1 Å². The number of phosphoric acid groups is 2.